The molecule has 0 bridgehead atoms. The van der Waals surface area contributed by atoms with Crippen LogP contribution in [0.1, 0.15) is 19.5 Å². The van der Waals surface area contributed by atoms with E-state index in [2.05, 4.69) is 29.1 Å². The molecular weight excluding hydrogens is 176 g/mol. The second kappa shape index (κ2) is 4.91. The Bertz CT molecular complexity index is 285. The first-order valence-corrected chi connectivity index (χ1v) is 4.89. The number of aromatic nitrogens is 2. The first-order chi connectivity index (χ1) is 6.65. The van der Waals surface area contributed by atoms with Crippen LogP contribution in [0.3, 0.4) is 0 Å². The summed E-state index contributed by atoms with van der Waals surface area (Å²) in [7, 11) is 0. The molecule has 0 fully saturated rings. The van der Waals surface area contributed by atoms with Crippen molar-refractivity contribution in [1.29, 1.82) is 0 Å². The minimum absolute atomic E-state index is 0.255. The summed E-state index contributed by atoms with van der Waals surface area (Å²) in [6, 6.07) is 0.255. The molecule has 0 aliphatic carbocycles. The Labute approximate surface area is 85.0 Å². The zero-order chi connectivity index (χ0) is 10.6. The molecule has 1 aromatic heterocycles. The predicted octanol–water partition coefficient (Wildman–Crippen LogP) is 1.18. The van der Waals surface area contributed by atoms with Crippen molar-refractivity contribution < 1.29 is 0 Å². The molecular formula is C10H18N4. The molecule has 0 spiro atoms. The SMILES string of the molecule is Cc1nccnc1NC(CN)C(C)C. The van der Waals surface area contributed by atoms with E-state index in [1.807, 2.05) is 6.92 Å². The van der Waals surface area contributed by atoms with Gasteiger partial charge in [0.1, 0.15) is 5.82 Å². The lowest BCUT2D eigenvalue weighted by Crippen LogP contribution is -2.34. The smallest absolute Gasteiger partial charge is 0.147 e. The van der Waals surface area contributed by atoms with Crippen molar-refractivity contribution in [3.8, 4) is 0 Å². The average Bonchev–Trinajstić information content (AvgIpc) is 2.16. The maximum absolute atomic E-state index is 5.66. The Kier molecular flexibility index (Phi) is 3.83. The number of nitrogens with two attached hydrogens (primary N) is 1. The molecule has 4 heteroatoms. The molecule has 1 unspecified atom stereocenters. The monoisotopic (exact) mass is 194 g/mol. The maximum atomic E-state index is 5.66. The third-order valence-corrected chi connectivity index (χ3v) is 2.26. The summed E-state index contributed by atoms with van der Waals surface area (Å²) < 4.78 is 0. The van der Waals surface area contributed by atoms with Gasteiger partial charge < -0.3 is 11.1 Å². The molecule has 1 atom stereocenters. The van der Waals surface area contributed by atoms with Crippen LogP contribution in [-0.2, 0) is 0 Å². The van der Waals surface area contributed by atoms with E-state index in [1.165, 1.54) is 0 Å². The van der Waals surface area contributed by atoms with Crippen LogP contribution in [0.4, 0.5) is 5.82 Å². The minimum atomic E-state index is 0.255. The normalized spacial score (nSPS) is 12.9. The molecule has 0 saturated heterocycles. The Morgan fingerprint density at radius 1 is 1.36 bits per heavy atom. The fraction of sp³-hybridized carbons (Fsp3) is 0.600. The van der Waals surface area contributed by atoms with Crippen LogP contribution < -0.4 is 11.1 Å². The van der Waals surface area contributed by atoms with Gasteiger partial charge in [0.25, 0.3) is 0 Å². The highest BCUT2D eigenvalue weighted by atomic mass is 15.0. The summed E-state index contributed by atoms with van der Waals surface area (Å²) >= 11 is 0. The summed E-state index contributed by atoms with van der Waals surface area (Å²) in [4.78, 5) is 8.38. The summed E-state index contributed by atoms with van der Waals surface area (Å²) in [5, 5.41) is 3.30. The number of nitrogens with one attached hydrogen (secondary N) is 1. The van der Waals surface area contributed by atoms with E-state index in [0.717, 1.165) is 11.5 Å². The van der Waals surface area contributed by atoms with Crippen molar-refractivity contribution in [2.24, 2.45) is 11.7 Å². The first kappa shape index (κ1) is 10.9. The van der Waals surface area contributed by atoms with Crippen molar-refractivity contribution in [2.75, 3.05) is 11.9 Å². The van der Waals surface area contributed by atoms with Crippen LogP contribution in [0.25, 0.3) is 0 Å². The van der Waals surface area contributed by atoms with Crippen molar-refractivity contribution >= 4 is 5.82 Å². The molecule has 4 nitrogen and oxygen atoms in total. The van der Waals surface area contributed by atoms with Crippen molar-refractivity contribution in [1.82, 2.24) is 9.97 Å². The average molecular weight is 194 g/mol. The fourth-order valence-corrected chi connectivity index (χ4v) is 1.22. The molecule has 1 aromatic rings. The second-order valence-electron chi connectivity index (χ2n) is 3.72. The minimum Gasteiger partial charge on any atom is -0.364 e. The van der Waals surface area contributed by atoms with E-state index in [9.17, 15) is 0 Å². The van der Waals surface area contributed by atoms with E-state index >= 15 is 0 Å². The molecule has 0 amide bonds. The molecule has 14 heavy (non-hydrogen) atoms. The van der Waals surface area contributed by atoms with Crippen LogP contribution in [-0.4, -0.2) is 22.6 Å². The van der Waals surface area contributed by atoms with Crippen LogP contribution in [0.2, 0.25) is 0 Å². The Morgan fingerprint density at radius 3 is 2.50 bits per heavy atom. The number of hydrogen-bond donors (Lipinski definition) is 2. The highest BCUT2D eigenvalue weighted by Crippen LogP contribution is 2.11. The molecule has 3 N–H and O–H groups in total. The Hall–Kier alpha value is -1.16. The van der Waals surface area contributed by atoms with Crippen molar-refractivity contribution in [3.05, 3.63) is 18.1 Å². The van der Waals surface area contributed by atoms with Gasteiger partial charge >= 0.3 is 0 Å². The second-order valence-corrected chi connectivity index (χ2v) is 3.72. The van der Waals surface area contributed by atoms with Crippen LogP contribution in [0.15, 0.2) is 12.4 Å². The van der Waals surface area contributed by atoms with Gasteiger partial charge in [-0.3, -0.25) is 4.98 Å². The zero-order valence-corrected chi connectivity index (χ0v) is 8.99. The third kappa shape index (κ3) is 2.67. The summed E-state index contributed by atoms with van der Waals surface area (Å²) in [5.41, 5.74) is 6.57. The van der Waals surface area contributed by atoms with Gasteiger partial charge in [-0.05, 0) is 12.8 Å². The Morgan fingerprint density at radius 2 is 2.00 bits per heavy atom. The van der Waals surface area contributed by atoms with E-state index in [0.29, 0.717) is 12.5 Å². The molecule has 0 radical (unpaired) electrons. The van der Waals surface area contributed by atoms with Gasteiger partial charge in [-0.2, -0.15) is 0 Å². The number of aryl methyl sites for hydroxylation is 1. The number of hydrogen-bond acceptors (Lipinski definition) is 4. The lowest BCUT2D eigenvalue weighted by atomic mass is 10.0. The predicted molar refractivity (Wildman–Crippen MR) is 58.1 cm³/mol. The lowest BCUT2D eigenvalue weighted by molar-refractivity contribution is 0.529. The van der Waals surface area contributed by atoms with Gasteiger partial charge in [0.05, 0.1) is 5.69 Å². The van der Waals surface area contributed by atoms with Crippen molar-refractivity contribution in [3.63, 3.8) is 0 Å². The molecule has 1 heterocycles. The lowest BCUT2D eigenvalue weighted by Gasteiger charge is -2.21. The summed E-state index contributed by atoms with van der Waals surface area (Å²) in [6.07, 6.45) is 3.37. The molecule has 0 saturated carbocycles. The molecule has 0 aliphatic heterocycles. The maximum Gasteiger partial charge on any atom is 0.147 e. The topological polar surface area (TPSA) is 63.8 Å². The fourth-order valence-electron chi connectivity index (χ4n) is 1.22. The molecule has 0 aliphatic rings. The molecule has 1 rings (SSSR count). The summed E-state index contributed by atoms with van der Waals surface area (Å²) in [6.45, 7) is 6.81. The quantitative estimate of drug-likeness (QED) is 0.755. The van der Waals surface area contributed by atoms with Gasteiger partial charge in [-0.25, -0.2) is 4.98 Å². The zero-order valence-electron chi connectivity index (χ0n) is 8.99. The summed E-state index contributed by atoms with van der Waals surface area (Å²) in [5.74, 6) is 1.32. The third-order valence-electron chi connectivity index (χ3n) is 2.26. The van der Waals surface area contributed by atoms with Crippen molar-refractivity contribution in [2.45, 2.75) is 26.8 Å². The number of rotatable bonds is 4. The van der Waals surface area contributed by atoms with E-state index in [-0.39, 0.29) is 6.04 Å². The van der Waals surface area contributed by atoms with Gasteiger partial charge in [-0.1, -0.05) is 13.8 Å². The Balaban J connectivity index is 2.72. The van der Waals surface area contributed by atoms with Gasteiger partial charge in [-0.15, -0.1) is 0 Å². The molecule has 0 aromatic carbocycles. The molecule has 78 valence electrons. The highest BCUT2D eigenvalue weighted by Gasteiger charge is 2.12. The van der Waals surface area contributed by atoms with E-state index < -0.39 is 0 Å². The largest absolute Gasteiger partial charge is 0.364 e. The van der Waals surface area contributed by atoms with Crippen LogP contribution in [0.5, 0.6) is 0 Å². The van der Waals surface area contributed by atoms with E-state index in [1.54, 1.807) is 12.4 Å². The van der Waals surface area contributed by atoms with Crippen LogP contribution in [0, 0.1) is 12.8 Å². The number of anilines is 1. The van der Waals surface area contributed by atoms with E-state index in [4.69, 9.17) is 5.73 Å². The standard InChI is InChI=1S/C10H18N4/c1-7(2)9(6-11)14-10-8(3)12-4-5-13-10/h4-5,7,9H,6,11H2,1-3H3,(H,13,14). The van der Waals surface area contributed by atoms with Gasteiger partial charge in [0, 0.05) is 25.0 Å². The van der Waals surface area contributed by atoms with Gasteiger partial charge in [0.15, 0.2) is 0 Å². The van der Waals surface area contributed by atoms with Crippen LogP contribution >= 0.6 is 0 Å². The van der Waals surface area contributed by atoms with Gasteiger partial charge in [0.2, 0.25) is 0 Å². The number of nitrogens with zero attached hydrogens (tertiary/aromatic N) is 2. The highest BCUT2D eigenvalue weighted by molar-refractivity contribution is 5.39. The first-order valence-electron chi connectivity index (χ1n) is 4.89.